The lowest BCUT2D eigenvalue weighted by Crippen LogP contribution is -2.09. The molecule has 0 fully saturated rings. The molecule has 0 aliphatic heterocycles. The zero-order valence-corrected chi connectivity index (χ0v) is 11.2. The quantitative estimate of drug-likeness (QED) is 0.465. The number of benzene rings is 1. The second kappa shape index (κ2) is 6.45. The number of carbonyl (C=O) groups excluding carboxylic acids is 1. The van der Waals surface area contributed by atoms with Gasteiger partial charge in [0, 0.05) is 5.88 Å². The summed E-state index contributed by atoms with van der Waals surface area (Å²) in [4.78, 5) is 11.9. The van der Waals surface area contributed by atoms with Crippen LogP contribution in [0.2, 0.25) is 0 Å². The van der Waals surface area contributed by atoms with Crippen LogP contribution in [0, 0.1) is 20.8 Å². The predicted molar refractivity (Wildman–Crippen MR) is 70.8 cm³/mol. The van der Waals surface area contributed by atoms with Crippen molar-refractivity contribution in [2.24, 2.45) is 0 Å². The van der Waals surface area contributed by atoms with Crippen molar-refractivity contribution in [2.75, 3.05) is 12.5 Å². The van der Waals surface area contributed by atoms with Gasteiger partial charge in [0.05, 0.1) is 5.56 Å². The lowest BCUT2D eigenvalue weighted by atomic mass is 10.00. The summed E-state index contributed by atoms with van der Waals surface area (Å²) in [7, 11) is 0. The van der Waals surface area contributed by atoms with Crippen LogP contribution < -0.4 is 0 Å². The van der Waals surface area contributed by atoms with Gasteiger partial charge in [0.25, 0.3) is 0 Å². The molecule has 0 amide bonds. The zero-order valence-electron chi connectivity index (χ0n) is 10.4. The third-order valence-electron chi connectivity index (χ3n) is 2.45. The number of esters is 1. The maximum Gasteiger partial charge on any atom is 0.338 e. The van der Waals surface area contributed by atoms with Gasteiger partial charge in [0.1, 0.15) is 6.61 Å². The van der Waals surface area contributed by atoms with Gasteiger partial charge < -0.3 is 4.74 Å². The predicted octanol–water partition coefficient (Wildman–Crippen LogP) is 3.56. The van der Waals surface area contributed by atoms with Crippen molar-refractivity contribution in [1.82, 2.24) is 0 Å². The smallest absolute Gasteiger partial charge is 0.338 e. The van der Waals surface area contributed by atoms with Crippen LogP contribution in [-0.4, -0.2) is 18.5 Å². The SMILES string of the molecule is Cc1cc(C)c(C(=O)OCC=CCCl)c(C)c1. The Hall–Kier alpha value is -1.28. The number of hydrogen-bond acceptors (Lipinski definition) is 2. The molecule has 92 valence electrons. The Morgan fingerprint density at radius 1 is 1.24 bits per heavy atom. The largest absolute Gasteiger partial charge is 0.458 e. The molecule has 1 aromatic rings. The van der Waals surface area contributed by atoms with Crippen LogP contribution in [0.25, 0.3) is 0 Å². The third kappa shape index (κ3) is 3.90. The van der Waals surface area contributed by atoms with Gasteiger partial charge in [-0.25, -0.2) is 4.79 Å². The summed E-state index contributed by atoms with van der Waals surface area (Å²) in [6.45, 7) is 6.12. The van der Waals surface area contributed by atoms with Crippen molar-refractivity contribution in [1.29, 1.82) is 0 Å². The van der Waals surface area contributed by atoms with E-state index in [1.54, 1.807) is 12.2 Å². The summed E-state index contributed by atoms with van der Waals surface area (Å²) >= 11 is 5.47. The fraction of sp³-hybridized carbons (Fsp3) is 0.357. The minimum atomic E-state index is -0.278. The number of allylic oxidation sites excluding steroid dienone is 1. The van der Waals surface area contributed by atoms with E-state index >= 15 is 0 Å². The molecule has 0 radical (unpaired) electrons. The normalized spacial score (nSPS) is 10.8. The van der Waals surface area contributed by atoms with Gasteiger partial charge in [-0.3, -0.25) is 0 Å². The number of rotatable bonds is 4. The standard InChI is InChI=1S/C14H17ClO2/c1-10-8-11(2)13(12(3)9-10)14(16)17-7-5-4-6-15/h4-5,8-9H,6-7H2,1-3H3. The molecule has 3 heteroatoms. The summed E-state index contributed by atoms with van der Waals surface area (Å²) < 4.78 is 5.15. The molecule has 0 unspecified atom stereocenters. The van der Waals surface area contributed by atoms with E-state index in [9.17, 15) is 4.79 Å². The molecule has 0 saturated heterocycles. The highest BCUT2D eigenvalue weighted by Gasteiger charge is 2.13. The molecule has 17 heavy (non-hydrogen) atoms. The van der Waals surface area contributed by atoms with E-state index in [1.165, 1.54) is 0 Å². The maximum atomic E-state index is 11.9. The number of hydrogen-bond donors (Lipinski definition) is 0. The van der Waals surface area contributed by atoms with Crippen LogP contribution in [0.4, 0.5) is 0 Å². The van der Waals surface area contributed by atoms with Gasteiger partial charge in [-0.05, 0) is 31.9 Å². The van der Waals surface area contributed by atoms with E-state index in [0.29, 0.717) is 11.4 Å². The number of halogens is 1. The van der Waals surface area contributed by atoms with Crippen LogP contribution in [0.3, 0.4) is 0 Å². The van der Waals surface area contributed by atoms with Crippen LogP contribution >= 0.6 is 11.6 Å². The number of alkyl halides is 1. The molecule has 0 aliphatic rings. The average Bonchev–Trinajstić information content (AvgIpc) is 2.23. The fourth-order valence-electron chi connectivity index (χ4n) is 1.83. The Morgan fingerprint density at radius 3 is 2.35 bits per heavy atom. The topological polar surface area (TPSA) is 26.3 Å². The van der Waals surface area contributed by atoms with E-state index in [1.807, 2.05) is 32.9 Å². The van der Waals surface area contributed by atoms with Gasteiger partial charge in [-0.1, -0.05) is 29.8 Å². The first-order chi connectivity index (χ1) is 8.06. The average molecular weight is 253 g/mol. The van der Waals surface area contributed by atoms with Crippen LogP contribution in [0.15, 0.2) is 24.3 Å². The highest BCUT2D eigenvalue weighted by molar-refractivity contribution is 6.18. The monoisotopic (exact) mass is 252 g/mol. The van der Waals surface area contributed by atoms with Crippen LogP contribution in [0.5, 0.6) is 0 Å². The number of carbonyl (C=O) groups is 1. The molecule has 0 N–H and O–H groups in total. The lowest BCUT2D eigenvalue weighted by Gasteiger charge is -2.09. The molecule has 1 rings (SSSR count). The molecule has 0 heterocycles. The molecular formula is C14H17ClO2. The highest BCUT2D eigenvalue weighted by atomic mass is 35.5. The Morgan fingerprint density at radius 2 is 1.82 bits per heavy atom. The highest BCUT2D eigenvalue weighted by Crippen LogP contribution is 2.17. The fourth-order valence-corrected chi connectivity index (χ4v) is 1.95. The van der Waals surface area contributed by atoms with Gasteiger partial charge in [-0.15, -0.1) is 11.6 Å². The summed E-state index contributed by atoms with van der Waals surface area (Å²) in [5.74, 6) is 0.152. The Labute approximate surface area is 107 Å². The molecule has 0 saturated carbocycles. The minimum Gasteiger partial charge on any atom is -0.458 e. The lowest BCUT2D eigenvalue weighted by molar-refractivity contribution is 0.0548. The Balaban J connectivity index is 2.79. The van der Waals surface area contributed by atoms with Crippen molar-refractivity contribution in [2.45, 2.75) is 20.8 Å². The van der Waals surface area contributed by atoms with Gasteiger partial charge >= 0.3 is 5.97 Å². The van der Waals surface area contributed by atoms with Crippen molar-refractivity contribution in [3.63, 3.8) is 0 Å². The van der Waals surface area contributed by atoms with E-state index in [-0.39, 0.29) is 12.6 Å². The number of aryl methyl sites for hydroxylation is 3. The molecule has 2 nitrogen and oxygen atoms in total. The molecule has 1 aromatic carbocycles. The molecule has 0 aliphatic carbocycles. The van der Waals surface area contributed by atoms with Gasteiger partial charge in [0.2, 0.25) is 0 Å². The maximum absolute atomic E-state index is 11.9. The van der Waals surface area contributed by atoms with Gasteiger partial charge in [-0.2, -0.15) is 0 Å². The zero-order chi connectivity index (χ0) is 12.8. The van der Waals surface area contributed by atoms with Crippen molar-refractivity contribution in [3.05, 3.63) is 46.5 Å². The van der Waals surface area contributed by atoms with Gasteiger partial charge in [0.15, 0.2) is 0 Å². The third-order valence-corrected chi connectivity index (χ3v) is 2.63. The van der Waals surface area contributed by atoms with E-state index in [0.717, 1.165) is 16.7 Å². The Kier molecular flexibility index (Phi) is 5.23. The van der Waals surface area contributed by atoms with E-state index in [4.69, 9.17) is 16.3 Å². The van der Waals surface area contributed by atoms with Crippen LogP contribution in [-0.2, 0) is 4.74 Å². The second-order valence-corrected chi connectivity index (χ2v) is 4.31. The molecular weight excluding hydrogens is 236 g/mol. The summed E-state index contributed by atoms with van der Waals surface area (Å²) in [5.41, 5.74) is 3.72. The van der Waals surface area contributed by atoms with E-state index < -0.39 is 0 Å². The van der Waals surface area contributed by atoms with Crippen LogP contribution in [0.1, 0.15) is 27.0 Å². The van der Waals surface area contributed by atoms with Crippen molar-refractivity contribution >= 4 is 17.6 Å². The van der Waals surface area contributed by atoms with Crippen molar-refractivity contribution < 1.29 is 9.53 Å². The second-order valence-electron chi connectivity index (χ2n) is 4.00. The van der Waals surface area contributed by atoms with Crippen molar-refractivity contribution in [3.8, 4) is 0 Å². The number of ether oxygens (including phenoxy) is 1. The minimum absolute atomic E-state index is 0.262. The molecule has 0 spiro atoms. The molecule has 0 bridgehead atoms. The molecule has 0 atom stereocenters. The Bertz CT molecular complexity index is 413. The summed E-state index contributed by atoms with van der Waals surface area (Å²) in [6, 6.07) is 3.97. The first kappa shape index (κ1) is 13.8. The summed E-state index contributed by atoms with van der Waals surface area (Å²) in [6.07, 6.45) is 3.49. The first-order valence-electron chi connectivity index (χ1n) is 5.52. The van der Waals surface area contributed by atoms with E-state index in [2.05, 4.69) is 0 Å². The summed E-state index contributed by atoms with van der Waals surface area (Å²) in [5, 5.41) is 0. The molecule has 0 aromatic heterocycles. The first-order valence-corrected chi connectivity index (χ1v) is 6.05.